The fourth-order valence-corrected chi connectivity index (χ4v) is 4.93. The maximum atomic E-state index is 13.1. The number of hydrogen-bond acceptors (Lipinski definition) is 6. The standard InChI is InChI=1S/C29H28ClN3O4.ClH/c1-35-25-12-8-17(30)14-22(25)29(34)32-18-9-11-24-21(15-18)28(20-6-4-5-7-23(20)33-24)31-19-10-13-26(36-2)27(16-19)37-3;/h8-16H,4-7H2,1-3H3,(H,31,33)(H,32,34);1H. The van der Waals surface area contributed by atoms with Crippen LogP contribution in [0.3, 0.4) is 0 Å². The number of halogens is 2. The predicted molar refractivity (Wildman–Crippen MR) is 154 cm³/mol. The number of anilines is 3. The predicted octanol–water partition coefficient (Wildman–Crippen LogP) is 7.21. The van der Waals surface area contributed by atoms with Gasteiger partial charge in [-0.2, -0.15) is 0 Å². The number of hydrogen-bond donors (Lipinski definition) is 2. The molecule has 0 fully saturated rings. The number of pyridine rings is 1. The van der Waals surface area contributed by atoms with Gasteiger partial charge in [0.25, 0.3) is 5.91 Å². The lowest BCUT2D eigenvalue weighted by molar-refractivity contribution is 0.102. The number of nitrogens with zero attached hydrogens (tertiary/aromatic N) is 1. The van der Waals surface area contributed by atoms with E-state index in [1.165, 1.54) is 12.7 Å². The number of benzene rings is 3. The molecule has 0 atom stereocenters. The molecule has 0 saturated heterocycles. The topological polar surface area (TPSA) is 81.7 Å². The first-order chi connectivity index (χ1) is 18.0. The van der Waals surface area contributed by atoms with Crippen LogP contribution in [0.1, 0.15) is 34.5 Å². The number of rotatable bonds is 7. The van der Waals surface area contributed by atoms with E-state index >= 15 is 0 Å². The lowest BCUT2D eigenvalue weighted by Crippen LogP contribution is -2.14. The minimum absolute atomic E-state index is 0. The molecule has 1 aromatic heterocycles. The van der Waals surface area contributed by atoms with Gasteiger partial charge in [-0.15, -0.1) is 12.4 Å². The van der Waals surface area contributed by atoms with Crippen LogP contribution < -0.4 is 24.8 Å². The van der Waals surface area contributed by atoms with Gasteiger partial charge < -0.3 is 24.8 Å². The van der Waals surface area contributed by atoms with Gasteiger partial charge >= 0.3 is 0 Å². The lowest BCUT2D eigenvalue weighted by Gasteiger charge is -2.22. The van der Waals surface area contributed by atoms with Crippen molar-refractivity contribution in [2.75, 3.05) is 32.0 Å². The first kappa shape index (κ1) is 27.4. The Bertz CT molecular complexity index is 1490. The molecular formula is C29H29Cl2N3O4. The van der Waals surface area contributed by atoms with Gasteiger partial charge in [-0.05, 0) is 79.8 Å². The number of nitrogens with one attached hydrogen (secondary N) is 2. The molecular weight excluding hydrogens is 525 g/mol. The van der Waals surface area contributed by atoms with Crippen molar-refractivity contribution in [2.45, 2.75) is 25.7 Å². The average molecular weight is 554 g/mol. The summed E-state index contributed by atoms with van der Waals surface area (Å²) in [6.07, 6.45) is 4.10. The number of fused-ring (bicyclic) bond motifs is 2. The number of ether oxygens (including phenoxy) is 3. The van der Waals surface area contributed by atoms with Crippen molar-refractivity contribution in [3.8, 4) is 17.2 Å². The molecule has 4 aromatic rings. The van der Waals surface area contributed by atoms with Crippen molar-refractivity contribution < 1.29 is 19.0 Å². The molecule has 2 N–H and O–H groups in total. The highest BCUT2D eigenvalue weighted by Crippen LogP contribution is 2.38. The molecule has 0 spiro atoms. The smallest absolute Gasteiger partial charge is 0.259 e. The quantitative estimate of drug-likeness (QED) is 0.251. The zero-order chi connectivity index (χ0) is 25.9. The van der Waals surface area contributed by atoms with E-state index in [-0.39, 0.29) is 18.3 Å². The average Bonchev–Trinajstić information content (AvgIpc) is 2.93. The van der Waals surface area contributed by atoms with Crippen LogP contribution in [0.25, 0.3) is 10.9 Å². The third-order valence-electron chi connectivity index (χ3n) is 6.58. The minimum atomic E-state index is -0.306. The number of carbonyl (C=O) groups is 1. The van der Waals surface area contributed by atoms with E-state index in [1.807, 2.05) is 36.4 Å². The van der Waals surface area contributed by atoms with Gasteiger partial charge in [0.1, 0.15) is 5.75 Å². The van der Waals surface area contributed by atoms with E-state index in [1.54, 1.807) is 32.4 Å². The number of methoxy groups -OCH3 is 3. The molecule has 1 aliphatic carbocycles. The van der Waals surface area contributed by atoms with E-state index < -0.39 is 0 Å². The molecule has 9 heteroatoms. The highest BCUT2D eigenvalue weighted by Gasteiger charge is 2.20. The Balaban J connectivity index is 0.00000336. The summed E-state index contributed by atoms with van der Waals surface area (Å²) >= 11 is 6.14. The van der Waals surface area contributed by atoms with Crippen LogP contribution in [0.4, 0.5) is 17.1 Å². The van der Waals surface area contributed by atoms with Gasteiger partial charge in [0.2, 0.25) is 0 Å². The van der Waals surface area contributed by atoms with Crippen LogP contribution in [-0.4, -0.2) is 32.2 Å². The zero-order valence-electron chi connectivity index (χ0n) is 21.4. The monoisotopic (exact) mass is 553 g/mol. The fraction of sp³-hybridized carbons (Fsp3) is 0.241. The highest BCUT2D eigenvalue weighted by atomic mass is 35.5. The van der Waals surface area contributed by atoms with Gasteiger partial charge in [0, 0.05) is 33.5 Å². The second-order valence-corrected chi connectivity index (χ2v) is 9.28. The number of amides is 1. The molecule has 198 valence electrons. The van der Waals surface area contributed by atoms with Crippen LogP contribution in [-0.2, 0) is 12.8 Å². The zero-order valence-corrected chi connectivity index (χ0v) is 23.0. The van der Waals surface area contributed by atoms with E-state index in [2.05, 4.69) is 10.6 Å². The third kappa shape index (κ3) is 5.44. The molecule has 0 aliphatic heterocycles. The first-order valence-corrected chi connectivity index (χ1v) is 12.5. The molecule has 0 radical (unpaired) electrons. The third-order valence-corrected chi connectivity index (χ3v) is 6.81. The summed E-state index contributed by atoms with van der Waals surface area (Å²) in [5, 5.41) is 7.98. The maximum Gasteiger partial charge on any atom is 0.259 e. The molecule has 7 nitrogen and oxygen atoms in total. The summed E-state index contributed by atoms with van der Waals surface area (Å²) in [6.45, 7) is 0. The SMILES string of the molecule is COc1ccc(Nc2c3c(nc4ccc(NC(=O)c5cc(Cl)ccc5OC)cc24)CCCC3)cc1OC.Cl. The summed E-state index contributed by atoms with van der Waals surface area (Å²) in [5.74, 6) is 1.45. The summed E-state index contributed by atoms with van der Waals surface area (Å²) in [6, 6.07) is 16.5. The Morgan fingerprint density at radius 1 is 0.842 bits per heavy atom. The fourth-order valence-electron chi connectivity index (χ4n) is 4.76. The molecule has 0 bridgehead atoms. The van der Waals surface area contributed by atoms with Crippen LogP contribution in [0.2, 0.25) is 5.02 Å². The second-order valence-electron chi connectivity index (χ2n) is 8.84. The van der Waals surface area contributed by atoms with Crippen LogP contribution >= 0.6 is 24.0 Å². The van der Waals surface area contributed by atoms with Gasteiger partial charge in [0.05, 0.1) is 38.1 Å². The molecule has 0 saturated carbocycles. The molecule has 1 heterocycles. The van der Waals surface area contributed by atoms with Crippen LogP contribution in [0, 0.1) is 0 Å². The summed E-state index contributed by atoms with van der Waals surface area (Å²) < 4.78 is 16.3. The maximum absolute atomic E-state index is 13.1. The number of carbonyl (C=O) groups excluding carboxylic acids is 1. The van der Waals surface area contributed by atoms with Crippen molar-refractivity contribution in [2.24, 2.45) is 0 Å². The van der Waals surface area contributed by atoms with Gasteiger partial charge in [0.15, 0.2) is 11.5 Å². The number of aryl methyl sites for hydroxylation is 1. The molecule has 0 unspecified atom stereocenters. The molecule has 1 aliphatic rings. The Hall–Kier alpha value is -3.68. The van der Waals surface area contributed by atoms with Gasteiger partial charge in [-0.3, -0.25) is 9.78 Å². The summed E-state index contributed by atoms with van der Waals surface area (Å²) in [4.78, 5) is 18.1. The first-order valence-electron chi connectivity index (χ1n) is 12.1. The Kier molecular flexibility index (Phi) is 8.49. The van der Waals surface area contributed by atoms with E-state index in [9.17, 15) is 4.79 Å². The largest absolute Gasteiger partial charge is 0.496 e. The van der Waals surface area contributed by atoms with E-state index in [0.717, 1.165) is 53.7 Å². The van der Waals surface area contributed by atoms with E-state index in [4.69, 9.17) is 30.8 Å². The van der Waals surface area contributed by atoms with Crippen LogP contribution in [0.15, 0.2) is 54.6 Å². The van der Waals surface area contributed by atoms with Crippen molar-refractivity contribution in [1.29, 1.82) is 0 Å². The van der Waals surface area contributed by atoms with Gasteiger partial charge in [-0.25, -0.2) is 0 Å². The molecule has 38 heavy (non-hydrogen) atoms. The molecule has 1 amide bonds. The Morgan fingerprint density at radius 2 is 1.55 bits per heavy atom. The summed E-state index contributed by atoms with van der Waals surface area (Å²) in [5.41, 5.74) is 6.05. The van der Waals surface area contributed by atoms with Crippen LogP contribution in [0.5, 0.6) is 17.2 Å². The highest BCUT2D eigenvalue weighted by molar-refractivity contribution is 6.31. The van der Waals surface area contributed by atoms with Crippen molar-refractivity contribution >= 4 is 57.9 Å². The lowest BCUT2D eigenvalue weighted by atomic mass is 9.92. The summed E-state index contributed by atoms with van der Waals surface area (Å²) in [7, 11) is 4.76. The van der Waals surface area contributed by atoms with Gasteiger partial charge in [-0.1, -0.05) is 11.6 Å². The molecule has 5 rings (SSSR count). The Morgan fingerprint density at radius 3 is 2.32 bits per heavy atom. The Labute approximate surface area is 232 Å². The van der Waals surface area contributed by atoms with Crippen molar-refractivity contribution in [1.82, 2.24) is 4.98 Å². The normalized spacial score (nSPS) is 12.2. The minimum Gasteiger partial charge on any atom is -0.496 e. The van der Waals surface area contributed by atoms with E-state index in [0.29, 0.717) is 33.5 Å². The molecule has 3 aromatic carbocycles. The van der Waals surface area contributed by atoms with Crippen molar-refractivity contribution in [3.63, 3.8) is 0 Å². The second kappa shape index (κ2) is 11.8. The van der Waals surface area contributed by atoms with Crippen molar-refractivity contribution in [3.05, 3.63) is 76.4 Å². The number of aromatic nitrogens is 1.